The van der Waals surface area contributed by atoms with E-state index in [1.165, 1.54) is 57.8 Å². The van der Waals surface area contributed by atoms with Gasteiger partial charge in [-0.25, -0.2) is 4.79 Å². The molecule has 0 aromatic carbocycles. The van der Waals surface area contributed by atoms with Crippen LogP contribution in [0.25, 0.3) is 0 Å². The van der Waals surface area contributed by atoms with Crippen LogP contribution in [0, 0.1) is 0 Å². The number of hydrogen-bond acceptors (Lipinski definition) is 14. The minimum Gasteiger partial charge on any atom is -0.466 e. The van der Waals surface area contributed by atoms with Crippen LogP contribution in [0.2, 0.25) is 0 Å². The molecular weight excluding hydrogens is 967 g/mol. The van der Waals surface area contributed by atoms with Crippen molar-refractivity contribution in [3.8, 4) is 0 Å². The molecule has 1 atom stereocenters. The Hall–Kier alpha value is -3.26. The number of ether oxygens (including phenoxy) is 7. The molecule has 446 valence electrons. The second-order valence-electron chi connectivity index (χ2n) is 21.5. The Labute approximate surface area is 464 Å². The summed E-state index contributed by atoms with van der Waals surface area (Å²) >= 11 is 0. The van der Waals surface area contributed by atoms with Gasteiger partial charge in [0, 0.05) is 38.8 Å². The van der Waals surface area contributed by atoms with Crippen LogP contribution in [0.5, 0.6) is 0 Å². The van der Waals surface area contributed by atoms with Gasteiger partial charge in [-0.15, -0.1) is 0 Å². The fourth-order valence-corrected chi connectivity index (χ4v) is 8.84. The van der Waals surface area contributed by atoms with E-state index >= 15 is 0 Å². The molecule has 0 saturated heterocycles. The summed E-state index contributed by atoms with van der Waals surface area (Å²) in [7, 11) is 3.70. The second-order valence-corrected chi connectivity index (χ2v) is 21.5. The van der Waals surface area contributed by atoms with Crippen molar-refractivity contribution >= 4 is 35.8 Å². The minimum absolute atomic E-state index is 0.0359. The van der Waals surface area contributed by atoms with Gasteiger partial charge in [0.15, 0.2) is 0 Å². The SMILES string of the molecule is CCCCCCCC(=O)OCCCCCCCCCOCCC(CC(=O)OCCCCCCCCCOC(=O)CCCCCCC)(OC(=O)CCN(C)C)C(=O)OCCCCCCCCCOC(=O)CCCCCCC. The predicted octanol–water partition coefficient (Wildman–Crippen LogP) is 15.0. The normalized spacial score (nSPS) is 12.1. The van der Waals surface area contributed by atoms with Gasteiger partial charge >= 0.3 is 35.8 Å². The molecule has 0 spiro atoms. The van der Waals surface area contributed by atoms with Crippen LogP contribution < -0.4 is 0 Å². The average molecular weight is 1080 g/mol. The molecular formula is C62H115NO13. The second kappa shape index (κ2) is 55.1. The molecule has 0 amide bonds. The lowest BCUT2D eigenvalue weighted by Gasteiger charge is -2.31. The summed E-state index contributed by atoms with van der Waals surface area (Å²) in [4.78, 5) is 78.7. The predicted molar refractivity (Wildman–Crippen MR) is 304 cm³/mol. The first-order chi connectivity index (χ1) is 37.0. The highest BCUT2D eigenvalue weighted by Crippen LogP contribution is 2.27. The van der Waals surface area contributed by atoms with Crippen molar-refractivity contribution in [1.29, 1.82) is 0 Å². The van der Waals surface area contributed by atoms with E-state index < -0.39 is 29.9 Å². The number of unbranched alkanes of at least 4 members (excludes halogenated alkanes) is 30. The Balaban J connectivity index is 5.07. The molecule has 0 bridgehead atoms. The zero-order valence-corrected chi connectivity index (χ0v) is 49.6. The molecule has 0 fully saturated rings. The maximum absolute atomic E-state index is 14.1. The minimum atomic E-state index is -1.88. The summed E-state index contributed by atoms with van der Waals surface area (Å²) in [6.07, 6.45) is 37.5. The molecule has 1 unspecified atom stereocenters. The number of nitrogens with zero attached hydrogens (tertiary/aromatic N) is 1. The Bertz CT molecular complexity index is 1390. The number of hydrogen-bond donors (Lipinski definition) is 0. The monoisotopic (exact) mass is 1080 g/mol. The third-order valence-electron chi connectivity index (χ3n) is 13.8. The first-order valence-corrected chi connectivity index (χ1v) is 31.2. The van der Waals surface area contributed by atoms with E-state index in [0.717, 1.165) is 161 Å². The van der Waals surface area contributed by atoms with Crippen molar-refractivity contribution in [3.05, 3.63) is 0 Å². The van der Waals surface area contributed by atoms with E-state index in [4.69, 9.17) is 33.2 Å². The molecule has 0 rings (SSSR count). The van der Waals surface area contributed by atoms with Crippen LogP contribution in [-0.4, -0.2) is 113 Å². The molecule has 14 heteroatoms. The number of carbonyl (C=O) groups is 6. The molecule has 0 radical (unpaired) electrons. The van der Waals surface area contributed by atoms with Crippen LogP contribution in [0.3, 0.4) is 0 Å². The lowest BCUT2D eigenvalue weighted by molar-refractivity contribution is -0.190. The van der Waals surface area contributed by atoms with E-state index in [9.17, 15) is 28.8 Å². The van der Waals surface area contributed by atoms with Crippen LogP contribution in [-0.2, 0) is 61.9 Å². The highest BCUT2D eigenvalue weighted by molar-refractivity contribution is 5.88. The van der Waals surface area contributed by atoms with E-state index in [1.807, 2.05) is 19.0 Å². The number of carbonyl (C=O) groups excluding carboxylic acids is 6. The Kier molecular flexibility index (Phi) is 52.7. The van der Waals surface area contributed by atoms with Gasteiger partial charge in [-0.1, -0.05) is 194 Å². The van der Waals surface area contributed by atoms with Crippen LogP contribution in [0.4, 0.5) is 0 Å². The van der Waals surface area contributed by atoms with Gasteiger partial charge in [0.25, 0.3) is 0 Å². The van der Waals surface area contributed by atoms with E-state index in [0.29, 0.717) is 65.1 Å². The molecule has 0 aliphatic rings. The summed E-state index contributed by atoms with van der Waals surface area (Å²) in [5.41, 5.74) is -1.88. The Morgan fingerprint density at radius 3 is 0.974 bits per heavy atom. The molecule has 0 aromatic rings. The summed E-state index contributed by atoms with van der Waals surface area (Å²) in [6.45, 7) is 9.28. The highest BCUT2D eigenvalue weighted by atomic mass is 16.6. The largest absolute Gasteiger partial charge is 0.466 e. The van der Waals surface area contributed by atoms with Crippen molar-refractivity contribution in [1.82, 2.24) is 4.90 Å². The zero-order chi connectivity index (χ0) is 55.8. The lowest BCUT2D eigenvalue weighted by atomic mass is 9.95. The smallest absolute Gasteiger partial charge is 0.351 e. The van der Waals surface area contributed by atoms with Gasteiger partial charge in [-0.2, -0.15) is 0 Å². The molecule has 14 nitrogen and oxygen atoms in total. The van der Waals surface area contributed by atoms with Crippen molar-refractivity contribution < 1.29 is 61.9 Å². The van der Waals surface area contributed by atoms with E-state index in [2.05, 4.69) is 20.8 Å². The zero-order valence-electron chi connectivity index (χ0n) is 49.6. The highest BCUT2D eigenvalue weighted by Gasteiger charge is 2.46. The van der Waals surface area contributed by atoms with Gasteiger partial charge in [-0.05, 0) is 71.9 Å². The molecule has 76 heavy (non-hydrogen) atoms. The lowest BCUT2D eigenvalue weighted by Crippen LogP contribution is -2.48. The molecule has 0 aromatic heterocycles. The molecule has 0 N–H and O–H groups in total. The summed E-state index contributed by atoms with van der Waals surface area (Å²) < 4.78 is 39.7. The standard InChI is InChI=1S/C62H115NO13/c1-6-9-12-24-33-42-56(64)71-49-37-28-19-15-18-27-36-48-70-54-46-62(76-59(67)45-47-63(4)5,61(69)75-53-41-32-23-17-21-30-39-51-73-58(66)44-35-26-14-11-8-3)55-60(68)74-52-40-31-22-16-20-29-38-50-72-57(65)43-34-25-13-10-7-2/h6-55H2,1-5H3. The number of esters is 6. The van der Waals surface area contributed by atoms with Crippen LogP contribution >= 0.6 is 0 Å². The van der Waals surface area contributed by atoms with Gasteiger partial charge in [0.05, 0.1) is 52.5 Å². The van der Waals surface area contributed by atoms with Gasteiger partial charge in [0.2, 0.25) is 5.60 Å². The van der Waals surface area contributed by atoms with Gasteiger partial charge in [-0.3, -0.25) is 24.0 Å². The van der Waals surface area contributed by atoms with E-state index in [-0.39, 0.29) is 50.6 Å². The molecule has 0 saturated carbocycles. The maximum Gasteiger partial charge on any atom is 0.351 e. The van der Waals surface area contributed by atoms with E-state index in [1.54, 1.807) is 0 Å². The van der Waals surface area contributed by atoms with Gasteiger partial charge in [0.1, 0.15) is 0 Å². The fraction of sp³-hybridized carbons (Fsp3) is 0.903. The van der Waals surface area contributed by atoms with Crippen LogP contribution in [0.15, 0.2) is 0 Å². The third kappa shape index (κ3) is 49.1. The van der Waals surface area contributed by atoms with Crippen molar-refractivity contribution in [2.24, 2.45) is 0 Å². The maximum atomic E-state index is 14.1. The molecule has 0 heterocycles. The van der Waals surface area contributed by atoms with Crippen molar-refractivity contribution in [2.75, 3.05) is 66.9 Å². The average Bonchev–Trinajstić information content (AvgIpc) is 3.39. The van der Waals surface area contributed by atoms with Gasteiger partial charge < -0.3 is 38.1 Å². The fourth-order valence-electron chi connectivity index (χ4n) is 8.84. The van der Waals surface area contributed by atoms with Crippen LogP contribution in [0.1, 0.15) is 290 Å². The first-order valence-electron chi connectivity index (χ1n) is 31.2. The quantitative estimate of drug-likeness (QED) is 0.0320. The summed E-state index contributed by atoms with van der Waals surface area (Å²) in [6, 6.07) is 0. The first kappa shape index (κ1) is 72.7. The number of rotatable bonds is 58. The third-order valence-corrected chi connectivity index (χ3v) is 13.8. The molecule has 0 aliphatic carbocycles. The Morgan fingerprint density at radius 2 is 0.618 bits per heavy atom. The topological polar surface area (TPSA) is 170 Å². The Morgan fingerprint density at radius 1 is 0.316 bits per heavy atom. The molecule has 0 aliphatic heterocycles. The summed E-state index contributed by atoms with van der Waals surface area (Å²) in [5.74, 6) is -2.25. The van der Waals surface area contributed by atoms with Crippen molar-refractivity contribution in [2.45, 2.75) is 296 Å². The summed E-state index contributed by atoms with van der Waals surface area (Å²) in [5, 5.41) is 0. The van der Waals surface area contributed by atoms with Crippen molar-refractivity contribution in [3.63, 3.8) is 0 Å².